The molecule has 5 rings (SSSR count). The summed E-state index contributed by atoms with van der Waals surface area (Å²) in [5.74, 6) is -0.549. The first-order chi connectivity index (χ1) is 19.5. The van der Waals surface area contributed by atoms with E-state index in [4.69, 9.17) is 9.47 Å². The summed E-state index contributed by atoms with van der Waals surface area (Å²) in [6.07, 6.45) is 7.75. The number of anilines is 1. The van der Waals surface area contributed by atoms with Crippen molar-refractivity contribution in [2.75, 3.05) is 12.4 Å². The van der Waals surface area contributed by atoms with Gasteiger partial charge in [-0.3, -0.25) is 9.59 Å². The summed E-state index contributed by atoms with van der Waals surface area (Å²) in [6.45, 7) is 0. The van der Waals surface area contributed by atoms with Gasteiger partial charge in [-0.1, -0.05) is 12.5 Å². The maximum absolute atomic E-state index is 13.5. The van der Waals surface area contributed by atoms with Crippen LogP contribution in [-0.2, 0) is 14.6 Å². The van der Waals surface area contributed by atoms with E-state index >= 15 is 0 Å². The topological polar surface area (TPSA) is 111 Å². The van der Waals surface area contributed by atoms with E-state index in [-0.39, 0.29) is 29.2 Å². The van der Waals surface area contributed by atoms with Crippen molar-refractivity contribution in [1.82, 2.24) is 5.32 Å². The molecule has 0 aromatic heterocycles. The van der Waals surface area contributed by atoms with Gasteiger partial charge < -0.3 is 20.1 Å². The molecule has 0 aliphatic heterocycles. The molecule has 4 atom stereocenters. The first kappa shape index (κ1) is 29.2. The van der Waals surface area contributed by atoms with Crippen molar-refractivity contribution >= 4 is 27.3 Å². The third kappa shape index (κ3) is 6.02. The van der Waals surface area contributed by atoms with Crippen molar-refractivity contribution in [3.05, 3.63) is 48.0 Å². The van der Waals surface area contributed by atoms with Crippen LogP contribution >= 0.6 is 0 Å². The van der Waals surface area contributed by atoms with Gasteiger partial charge in [0.25, 0.3) is 15.7 Å². The van der Waals surface area contributed by atoms with Crippen molar-refractivity contribution in [2.24, 2.45) is 17.8 Å². The molecule has 3 fully saturated rings. The fourth-order valence-electron chi connectivity index (χ4n) is 6.52. The van der Waals surface area contributed by atoms with Gasteiger partial charge in [-0.15, -0.1) is 0 Å². The standard InChI is InChI=1S/C29H33F3N2O6S/c1-39-24-13-12-21(40-20-7-3-2-4-8-20)16-23(24)27(35)34-26-18-11-10-17(14-18)25(26)28(36)33-19-6-5-9-22(15-19)41(37,38)29(30,31)32/h5-6,9,12-13,15-18,20,25-26H,2-4,7-8,10-11,14H2,1H3,(H,33,36)(H,34,35)/t17-,18+,25+,26-/m1/s1. The Morgan fingerprint density at radius 1 is 0.951 bits per heavy atom. The number of nitrogens with one attached hydrogen (secondary N) is 2. The van der Waals surface area contributed by atoms with Gasteiger partial charge in [-0.05, 0) is 93.2 Å². The Morgan fingerprint density at radius 2 is 1.68 bits per heavy atom. The predicted molar refractivity (Wildman–Crippen MR) is 144 cm³/mol. The van der Waals surface area contributed by atoms with Crippen molar-refractivity contribution < 1.29 is 40.7 Å². The molecule has 3 aliphatic rings. The van der Waals surface area contributed by atoms with Crippen molar-refractivity contribution in [3.8, 4) is 11.5 Å². The second-order valence-electron chi connectivity index (χ2n) is 11.1. The van der Waals surface area contributed by atoms with Gasteiger partial charge in [-0.25, -0.2) is 8.42 Å². The lowest BCUT2D eigenvalue weighted by Crippen LogP contribution is -2.48. The number of rotatable bonds is 8. The highest BCUT2D eigenvalue weighted by molar-refractivity contribution is 7.92. The molecule has 41 heavy (non-hydrogen) atoms. The highest BCUT2D eigenvalue weighted by Gasteiger charge is 2.52. The Morgan fingerprint density at radius 3 is 2.39 bits per heavy atom. The Hall–Kier alpha value is -3.28. The molecule has 3 aliphatic carbocycles. The van der Waals surface area contributed by atoms with E-state index in [1.54, 1.807) is 18.2 Å². The van der Waals surface area contributed by atoms with E-state index < -0.39 is 44.0 Å². The molecule has 0 saturated heterocycles. The van der Waals surface area contributed by atoms with Gasteiger partial charge >= 0.3 is 5.51 Å². The van der Waals surface area contributed by atoms with Crippen molar-refractivity contribution in [2.45, 2.75) is 73.9 Å². The van der Waals surface area contributed by atoms with E-state index in [0.29, 0.717) is 11.5 Å². The number of carbonyl (C=O) groups excluding carboxylic acids is 2. The number of ether oxygens (including phenoxy) is 2. The number of amides is 2. The largest absolute Gasteiger partial charge is 0.501 e. The van der Waals surface area contributed by atoms with Crippen LogP contribution in [0.5, 0.6) is 11.5 Å². The van der Waals surface area contributed by atoms with E-state index in [2.05, 4.69) is 10.6 Å². The van der Waals surface area contributed by atoms with Crippen LogP contribution in [0.25, 0.3) is 0 Å². The van der Waals surface area contributed by atoms with Crippen LogP contribution in [0, 0.1) is 17.8 Å². The number of hydrogen-bond donors (Lipinski definition) is 2. The van der Waals surface area contributed by atoms with Crippen LogP contribution in [0.15, 0.2) is 47.4 Å². The summed E-state index contributed by atoms with van der Waals surface area (Å²) >= 11 is 0. The van der Waals surface area contributed by atoms with Crippen LogP contribution in [-0.4, -0.2) is 45.0 Å². The maximum Gasteiger partial charge on any atom is 0.501 e. The monoisotopic (exact) mass is 594 g/mol. The minimum Gasteiger partial charge on any atom is -0.496 e. The summed E-state index contributed by atoms with van der Waals surface area (Å²) in [5.41, 5.74) is -5.25. The van der Waals surface area contributed by atoms with Gasteiger partial charge in [0.05, 0.1) is 29.6 Å². The molecule has 0 radical (unpaired) electrons. The fourth-order valence-corrected chi connectivity index (χ4v) is 7.33. The van der Waals surface area contributed by atoms with Crippen LogP contribution in [0.2, 0.25) is 0 Å². The normalized spacial score (nSPS) is 24.6. The summed E-state index contributed by atoms with van der Waals surface area (Å²) in [6, 6.07) is 8.70. The average Bonchev–Trinajstić information content (AvgIpc) is 3.55. The maximum atomic E-state index is 13.5. The van der Waals surface area contributed by atoms with E-state index in [1.807, 2.05) is 0 Å². The highest BCUT2D eigenvalue weighted by atomic mass is 32.2. The number of methoxy groups -OCH3 is 1. The highest BCUT2D eigenvalue weighted by Crippen LogP contribution is 2.49. The molecule has 0 unspecified atom stereocenters. The lowest BCUT2D eigenvalue weighted by molar-refractivity contribution is -0.122. The second-order valence-corrected chi connectivity index (χ2v) is 13.0. The van der Waals surface area contributed by atoms with Crippen LogP contribution in [0.4, 0.5) is 18.9 Å². The summed E-state index contributed by atoms with van der Waals surface area (Å²) in [5, 5.41) is 5.61. The molecule has 12 heteroatoms. The van der Waals surface area contributed by atoms with Gasteiger partial charge in [-0.2, -0.15) is 13.2 Å². The number of fused-ring (bicyclic) bond motifs is 2. The SMILES string of the molecule is COc1ccc(OC2CCCCC2)cc1C(=O)N[C@@H]1[C@H]2CC[C@H](C2)[C@@H]1C(=O)Nc1cccc(S(=O)(=O)C(F)(F)F)c1. The van der Waals surface area contributed by atoms with Gasteiger partial charge in [0.15, 0.2) is 0 Å². The van der Waals surface area contributed by atoms with Crippen LogP contribution in [0.3, 0.4) is 0 Å². The Balaban J connectivity index is 1.32. The van der Waals surface area contributed by atoms with E-state index in [9.17, 15) is 31.2 Å². The summed E-state index contributed by atoms with van der Waals surface area (Å²) < 4.78 is 74.4. The molecule has 2 bridgehead atoms. The fraction of sp³-hybridized carbons (Fsp3) is 0.517. The van der Waals surface area contributed by atoms with Gasteiger partial charge in [0.1, 0.15) is 11.5 Å². The summed E-state index contributed by atoms with van der Waals surface area (Å²) in [4.78, 5) is 26.0. The zero-order valence-corrected chi connectivity index (χ0v) is 23.4. The van der Waals surface area contributed by atoms with Gasteiger partial charge in [0.2, 0.25) is 5.91 Å². The average molecular weight is 595 g/mol. The number of hydrogen-bond acceptors (Lipinski definition) is 6. The lowest BCUT2D eigenvalue weighted by Gasteiger charge is -2.31. The molecule has 2 N–H and O–H groups in total. The number of halogens is 3. The Bertz CT molecular complexity index is 1410. The molecule has 2 aromatic carbocycles. The van der Waals surface area contributed by atoms with Crippen LogP contribution < -0.4 is 20.1 Å². The molecule has 3 saturated carbocycles. The first-order valence-corrected chi connectivity index (χ1v) is 15.3. The number of alkyl halides is 3. The number of carbonyl (C=O) groups is 2. The molecular formula is C29H33F3N2O6S. The number of sulfone groups is 1. The zero-order chi connectivity index (χ0) is 29.4. The third-order valence-corrected chi connectivity index (χ3v) is 9.99. The van der Waals surface area contributed by atoms with Crippen molar-refractivity contribution in [1.29, 1.82) is 0 Å². The molecule has 0 spiro atoms. The van der Waals surface area contributed by atoms with Crippen LogP contribution in [0.1, 0.15) is 61.7 Å². The van der Waals surface area contributed by atoms with E-state index in [1.165, 1.54) is 19.6 Å². The van der Waals surface area contributed by atoms with E-state index in [0.717, 1.165) is 63.1 Å². The predicted octanol–water partition coefficient (Wildman–Crippen LogP) is 5.48. The minimum atomic E-state index is -5.57. The smallest absolute Gasteiger partial charge is 0.496 e. The Labute approximate surface area is 236 Å². The molecule has 2 aromatic rings. The molecule has 222 valence electrons. The zero-order valence-electron chi connectivity index (χ0n) is 22.6. The number of benzene rings is 2. The van der Waals surface area contributed by atoms with Crippen molar-refractivity contribution in [3.63, 3.8) is 0 Å². The first-order valence-electron chi connectivity index (χ1n) is 13.9. The second kappa shape index (κ2) is 11.5. The molecular weight excluding hydrogens is 561 g/mol. The molecule has 2 amide bonds. The third-order valence-electron chi connectivity index (χ3n) is 8.50. The van der Waals surface area contributed by atoms with Gasteiger partial charge in [0, 0.05) is 11.7 Å². The molecule has 0 heterocycles. The Kier molecular flexibility index (Phi) is 8.22. The minimum absolute atomic E-state index is 0.0183. The summed E-state index contributed by atoms with van der Waals surface area (Å²) in [7, 11) is -4.10. The lowest BCUT2D eigenvalue weighted by atomic mass is 9.83. The molecule has 8 nitrogen and oxygen atoms in total. The quantitative estimate of drug-likeness (QED) is 0.419.